The molecule has 0 spiro atoms. The van der Waals surface area contributed by atoms with Crippen LogP contribution in [-0.2, 0) is 32.7 Å². The minimum Gasteiger partial charge on any atom is -0.331 e. The number of hydrogen-bond acceptors (Lipinski definition) is 0. The normalized spacial score (nSPS) is 12.4. The van der Waals surface area contributed by atoms with Gasteiger partial charge in [0.15, 0.2) is 0 Å². The summed E-state index contributed by atoms with van der Waals surface area (Å²) in [5.41, 5.74) is 0. The van der Waals surface area contributed by atoms with E-state index in [0.29, 0.717) is 0 Å². The van der Waals surface area contributed by atoms with Crippen LogP contribution >= 0.6 is 0 Å². The van der Waals surface area contributed by atoms with E-state index in [9.17, 15) is 0 Å². The quantitative estimate of drug-likeness (QED) is 0.597. The van der Waals surface area contributed by atoms with Gasteiger partial charge in [0, 0.05) is 32.7 Å². The Labute approximate surface area is 78.3 Å². The van der Waals surface area contributed by atoms with Gasteiger partial charge in [0.2, 0.25) is 0 Å². The Hall–Kier alpha value is 1.10. The zero-order valence-corrected chi connectivity index (χ0v) is 8.98. The van der Waals surface area contributed by atoms with Crippen molar-refractivity contribution in [2.24, 2.45) is 5.92 Å². The van der Waals surface area contributed by atoms with Crippen molar-refractivity contribution >= 4 is 0 Å². The van der Waals surface area contributed by atoms with Crippen molar-refractivity contribution in [3.8, 4) is 0 Å². The average Bonchev–Trinajstić information content (AvgIpc) is 1.68. The molecule has 0 aliphatic carbocycles. The van der Waals surface area contributed by atoms with Gasteiger partial charge < -0.3 is 6.42 Å². The summed E-state index contributed by atoms with van der Waals surface area (Å²) >= 11 is 0. The molecule has 1 heteroatoms. The standard InChI is InChI=1S/C7H15.Y/c1-4-6-7(3)5-2;/h4,7H,5-6H2,1-3H3;/q-1;. The van der Waals surface area contributed by atoms with Crippen LogP contribution in [0.5, 0.6) is 0 Å². The predicted octanol–water partition coefficient (Wildman–Crippen LogP) is 2.64. The van der Waals surface area contributed by atoms with Gasteiger partial charge in [-0.2, -0.15) is 13.3 Å². The molecule has 0 aromatic rings. The second-order valence-electron chi connectivity index (χ2n) is 2.16. The maximum Gasteiger partial charge on any atom is 0 e. The second-order valence-corrected chi connectivity index (χ2v) is 2.16. The van der Waals surface area contributed by atoms with Crippen LogP contribution in [0.25, 0.3) is 0 Å². The molecule has 0 saturated heterocycles. The summed E-state index contributed by atoms with van der Waals surface area (Å²) < 4.78 is 0. The largest absolute Gasteiger partial charge is 0.331 e. The van der Waals surface area contributed by atoms with E-state index in [-0.39, 0.29) is 32.7 Å². The molecule has 0 saturated carbocycles. The second kappa shape index (κ2) is 8.10. The fourth-order valence-corrected chi connectivity index (χ4v) is 0.569. The van der Waals surface area contributed by atoms with E-state index in [1.807, 2.05) is 0 Å². The van der Waals surface area contributed by atoms with E-state index < -0.39 is 0 Å². The van der Waals surface area contributed by atoms with Crippen molar-refractivity contribution < 1.29 is 32.7 Å². The molecule has 1 radical (unpaired) electrons. The van der Waals surface area contributed by atoms with Crippen molar-refractivity contribution in [3.63, 3.8) is 0 Å². The molecule has 8 heavy (non-hydrogen) atoms. The molecule has 0 N–H and O–H groups in total. The van der Waals surface area contributed by atoms with Crippen LogP contribution in [0.15, 0.2) is 0 Å². The minimum atomic E-state index is 0. The zero-order chi connectivity index (χ0) is 5.70. The molecule has 0 heterocycles. The molecule has 0 aromatic carbocycles. The molecule has 0 aliphatic rings. The number of hydrogen-bond donors (Lipinski definition) is 0. The van der Waals surface area contributed by atoms with Crippen molar-refractivity contribution in [2.45, 2.75) is 33.6 Å². The topological polar surface area (TPSA) is 0 Å². The summed E-state index contributed by atoms with van der Waals surface area (Å²) in [4.78, 5) is 0. The van der Waals surface area contributed by atoms with Crippen molar-refractivity contribution in [1.29, 1.82) is 0 Å². The van der Waals surface area contributed by atoms with Gasteiger partial charge in [-0.05, 0) is 0 Å². The van der Waals surface area contributed by atoms with E-state index >= 15 is 0 Å². The molecule has 0 aliphatic heterocycles. The molecule has 0 bridgehead atoms. The van der Waals surface area contributed by atoms with Gasteiger partial charge in [-0.3, -0.25) is 0 Å². The molecular formula is C7H15Y-. The summed E-state index contributed by atoms with van der Waals surface area (Å²) in [6.45, 7) is 6.63. The molecule has 0 amide bonds. The third kappa shape index (κ3) is 7.10. The molecule has 0 rings (SSSR count). The third-order valence-corrected chi connectivity index (χ3v) is 1.33. The van der Waals surface area contributed by atoms with E-state index in [0.717, 1.165) is 5.92 Å². The first-order chi connectivity index (χ1) is 3.31. The Morgan fingerprint density at radius 3 is 2.12 bits per heavy atom. The van der Waals surface area contributed by atoms with Crippen molar-refractivity contribution in [1.82, 2.24) is 0 Å². The van der Waals surface area contributed by atoms with E-state index in [1.165, 1.54) is 12.8 Å². The predicted molar refractivity (Wildman–Crippen MR) is 34.0 cm³/mol. The Morgan fingerprint density at radius 2 is 2.00 bits per heavy atom. The van der Waals surface area contributed by atoms with E-state index in [4.69, 9.17) is 0 Å². The first-order valence-electron chi connectivity index (χ1n) is 3.09. The van der Waals surface area contributed by atoms with Crippen LogP contribution < -0.4 is 0 Å². The Bertz CT molecular complexity index is 35.4. The van der Waals surface area contributed by atoms with Gasteiger partial charge in [0.05, 0.1) is 0 Å². The molecule has 0 fully saturated rings. The molecular weight excluding hydrogens is 173 g/mol. The van der Waals surface area contributed by atoms with E-state index in [1.54, 1.807) is 0 Å². The van der Waals surface area contributed by atoms with Crippen LogP contribution in [-0.4, -0.2) is 0 Å². The SMILES string of the molecule is C[CH-]CC(C)CC.[Y]. The van der Waals surface area contributed by atoms with E-state index in [2.05, 4.69) is 27.2 Å². The maximum atomic E-state index is 2.28. The Balaban J connectivity index is 0. The van der Waals surface area contributed by atoms with Crippen molar-refractivity contribution in [3.05, 3.63) is 6.42 Å². The third-order valence-electron chi connectivity index (χ3n) is 1.33. The summed E-state index contributed by atoms with van der Waals surface area (Å²) in [7, 11) is 0. The smallest absolute Gasteiger partial charge is 0 e. The molecule has 0 aromatic heterocycles. The fraction of sp³-hybridized carbons (Fsp3) is 0.857. The van der Waals surface area contributed by atoms with Gasteiger partial charge >= 0.3 is 0 Å². The van der Waals surface area contributed by atoms with Crippen LogP contribution in [0.2, 0.25) is 0 Å². The average molecular weight is 188 g/mol. The van der Waals surface area contributed by atoms with Gasteiger partial charge in [0.25, 0.3) is 0 Å². The van der Waals surface area contributed by atoms with Gasteiger partial charge in [-0.25, -0.2) is 0 Å². The first kappa shape index (κ1) is 11.8. The molecule has 1 atom stereocenters. The summed E-state index contributed by atoms with van der Waals surface area (Å²) in [6.07, 6.45) is 4.81. The van der Waals surface area contributed by atoms with Crippen LogP contribution in [0.1, 0.15) is 33.6 Å². The van der Waals surface area contributed by atoms with Crippen LogP contribution in [0.3, 0.4) is 0 Å². The summed E-state index contributed by atoms with van der Waals surface area (Å²) in [5.74, 6) is 0.894. The molecule has 1 unspecified atom stereocenters. The van der Waals surface area contributed by atoms with Gasteiger partial charge in [0.1, 0.15) is 0 Å². The molecule has 47 valence electrons. The maximum absolute atomic E-state index is 2.28. The van der Waals surface area contributed by atoms with Crippen LogP contribution in [0.4, 0.5) is 0 Å². The zero-order valence-electron chi connectivity index (χ0n) is 6.15. The minimum absolute atomic E-state index is 0. The summed E-state index contributed by atoms with van der Waals surface area (Å²) in [5, 5.41) is 0. The Kier molecular flexibility index (Phi) is 12.0. The Morgan fingerprint density at radius 1 is 1.50 bits per heavy atom. The van der Waals surface area contributed by atoms with Crippen molar-refractivity contribution in [2.75, 3.05) is 0 Å². The fourth-order valence-electron chi connectivity index (χ4n) is 0.569. The van der Waals surface area contributed by atoms with Crippen LogP contribution in [0, 0.1) is 12.3 Å². The van der Waals surface area contributed by atoms with Gasteiger partial charge in [-0.1, -0.05) is 26.2 Å². The number of rotatable bonds is 3. The first-order valence-corrected chi connectivity index (χ1v) is 3.09. The monoisotopic (exact) mass is 188 g/mol. The molecule has 0 nitrogen and oxygen atoms in total. The summed E-state index contributed by atoms with van der Waals surface area (Å²) in [6, 6.07) is 0. The van der Waals surface area contributed by atoms with Gasteiger partial charge in [-0.15, -0.1) is 0 Å².